The van der Waals surface area contributed by atoms with E-state index in [0.29, 0.717) is 0 Å². The monoisotopic (exact) mass is 191 g/mol. The lowest BCUT2D eigenvalue weighted by Gasteiger charge is -1.97. The summed E-state index contributed by atoms with van der Waals surface area (Å²) in [6.45, 7) is 0.863. The number of aryl methyl sites for hydroxylation is 3. The second kappa shape index (κ2) is 3.99. The second-order valence-corrected chi connectivity index (χ2v) is 3.00. The number of hydrogen-bond donors (Lipinski definition) is 0. The summed E-state index contributed by atoms with van der Waals surface area (Å²) in [5.41, 5.74) is 0. The first-order valence-corrected chi connectivity index (χ1v) is 4.46. The van der Waals surface area contributed by atoms with Crippen LogP contribution in [0.25, 0.3) is 0 Å². The fraction of sp³-hybridized carbons (Fsp3) is 0.500. The van der Waals surface area contributed by atoms with Gasteiger partial charge in [-0.3, -0.25) is 4.68 Å². The van der Waals surface area contributed by atoms with Crippen molar-refractivity contribution in [1.82, 2.24) is 30.0 Å². The molecular formula is C8H11N6. The smallest absolute Gasteiger partial charge is 0.174 e. The highest BCUT2D eigenvalue weighted by molar-refractivity contribution is 4.78. The Morgan fingerprint density at radius 3 is 3.07 bits per heavy atom. The minimum absolute atomic E-state index is 0.781. The summed E-state index contributed by atoms with van der Waals surface area (Å²) in [6, 6.07) is 2.89. The Labute approximate surface area is 81.5 Å². The molecule has 1 radical (unpaired) electrons. The van der Waals surface area contributed by atoms with Gasteiger partial charge in [-0.25, -0.2) is 0 Å². The minimum Gasteiger partial charge on any atom is -0.272 e. The summed E-state index contributed by atoms with van der Waals surface area (Å²) in [7, 11) is 1.76. The van der Waals surface area contributed by atoms with Crippen molar-refractivity contribution in [2.75, 3.05) is 0 Å². The van der Waals surface area contributed by atoms with Gasteiger partial charge in [-0.15, -0.1) is 10.2 Å². The number of tetrazole rings is 1. The summed E-state index contributed by atoms with van der Waals surface area (Å²) in [5.74, 6) is 0.781. The van der Waals surface area contributed by atoms with Crippen molar-refractivity contribution in [1.29, 1.82) is 0 Å². The third-order valence-electron chi connectivity index (χ3n) is 1.84. The van der Waals surface area contributed by atoms with Crippen LogP contribution in [-0.2, 0) is 20.0 Å². The largest absolute Gasteiger partial charge is 0.272 e. The van der Waals surface area contributed by atoms with Crippen molar-refractivity contribution in [3.05, 3.63) is 24.3 Å². The van der Waals surface area contributed by atoms with E-state index >= 15 is 0 Å². The van der Waals surface area contributed by atoms with E-state index in [0.717, 1.165) is 25.2 Å². The molecule has 0 fully saturated rings. The maximum absolute atomic E-state index is 4.09. The molecule has 2 aromatic heterocycles. The second-order valence-electron chi connectivity index (χ2n) is 3.00. The van der Waals surface area contributed by atoms with Crippen molar-refractivity contribution >= 4 is 0 Å². The molecule has 0 aromatic carbocycles. The lowest BCUT2D eigenvalue weighted by atomic mass is 10.3. The highest BCUT2D eigenvalue weighted by atomic mass is 15.6. The van der Waals surface area contributed by atoms with Crippen molar-refractivity contribution in [2.45, 2.75) is 19.4 Å². The number of hydrogen-bond acceptors (Lipinski definition) is 4. The predicted molar refractivity (Wildman–Crippen MR) is 48.2 cm³/mol. The molecule has 0 aliphatic carbocycles. The van der Waals surface area contributed by atoms with Crippen LogP contribution in [0.3, 0.4) is 0 Å². The van der Waals surface area contributed by atoms with E-state index in [-0.39, 0.29) is 0 Å². The molecule has 2 aromatic rings. The number of rotatable bonds is 4. The van der Waals surface area contributed by atoms with Crippen LogP contribution in [0.5, 0.6) is 0 Å². The topological polar surface area (TPSA) is 61.4 Å². The fourth-order valence-corrected chi connectivity index (χ4v) is 1.21. The molecule has 0 aliphatic heterocycles. The van der Waals surface area contributed by atoms with Gasteiger partial charge >= 0.3 is 0 Å². The van der Waals surface area contributed by atoms with E-state index in [1.807, 2.05) is 10.9 Å². The van der Waals surface area contributed by atoms with Gasteiger partial charge in [0.25, 0.3) is 0 Å². The first-order chi connectivity index (χ1) is 6.84. The zero-order valence-corrected chi connectivity index (χ0v) is 7.96. The summed E-state index contributed by atoms with van der Waals surface area (Å²) < 4.78 is 1.84. The van der Waals surface area contributed by atoms with E-state index < -0.39 is 0 Å². The van der Waals surface area contributed by atoms with Crippen molar-refractivity contribution < 1.29 is 0 Å². The van der Waals surface area contributed by atoms with Crippen LogP contribution in [0.1, 0.15) is 12.2 Å². The summed E-state index contributed by atoms with van der Waals surface area (Å²) in [5, 5.41) is 15.8. The number of nitrogens with zero attached hydrogens (tertiary/aromatic N) is 6. The minimum atomic E-state index is 0.781. The van der Waals surface area contributed by atoms with Crippen LogP contribution in [-0.4, -0.2) is 30.0 Å². The zero-order valence-electron chi connectivity index (χ0n) is 7.96. The Bertz CT molecular complexity index is 376. The van der Waals surface area contributed by atoms with E-state index in [2.05, 4.69) is 26.6 Å². The lowest BCUT2D eigenvalue weighted by molar-refractivity contribution is 0.568. The van der Waals surface area contributed by atoms with Crippen LogP contribution in [0.4, 0.5) is 0 Å². The zero-order chi connectivity index (χ0) is 9.80. The van der Waals surface area contributed by atoms with Gasteiger partial charge < -0.3 is 0 Å². The molecule has 0 aliphatic rings. The predicted octanol–water partition coefficient (Wildman–Crippen LogP) is -0.160. The first-order valence-electron chi connectivity index (χ1n) is 4.46. The van der Waals surface area contributed by atoms with Crippen LogP contribution in [0.2, 0.25) is 0 Å². The average molecular weight is 191 g/mol. The Morgan fingerprint density at radius 2 is 2.43 bits per heavy atom. The average Bonchev–Trinajstić information content (AvgIpc) is 2.77. The molecule has 2 heterocycles. The fourth-order valence-electron chi connectivity index (χ4n) is 1.21. The molecule has 2 rings (SSSR count). The van der Waals surface area contributed by atoms with Gasteiger partial charge in [0, 0.05) is 25.2 Å². The van der Waals surface area contributed by atoms with Gasteiger partial charge in [0.15, 0.2) is 5.82 Å². The van der Waals surface area contributed by atoms with E-state index in [4.69, 9.17) is 0 Å². The van der Waals surface area contributed by atoms with Crippen molar-refractivity contribution in [3.8, 4) is 0 Å². The Balaban J connectivity index is 1.78. The van der Waals surface area contributed by atoms with Crippen LogP contribution >= 0.6 is 0 Å². The highest BCUT2D eigenvalue weighted by Crippen LogP contribution is 1.95. The Morgan fingerprint density at radius 1 is 1.50 bits per heavy atom. The molecule has 6 nitrogen and oxygen atoms in total. The van der Waals surface area contributed by atoms with Crippen LogP contribution in [0, 0.1) is 6.07 Å². The Kier molecular flexibility index (Phi) is 2.53. The van der Waals surface area contributed by atoms with Crippen molar-refractivity contribution in [2.24, 2.45) is 7.05 Å². The summed E-state index contributed by atoms with van der Waals surface area (Å²) in [6.07, 6.45) is 5.26. The van der Waals surface area contributed by atoms with Crippen LogP contribution < -0.4 is 0 Å². The van der Waals surface area contributed by atoms with Crippen molar-refractivity contribution in [3.63, 3.8) is 0 Å². The molecule has 0 atom stereocenters. The molecule has 0 saturated heterocycles. The van der Waals surface area contributed by atoms with Gasteiger partial charge in [0.1, 0.15) is 0 Å². The normalized spacial score (nSPS) is 10.6. The van der Waals surface area contributed by atoms with Gasteiger partial charge in [0.2, 0.25) is 0 Å². The third kappa shape index (κ3) is 2.15. The quantitative estimate of drug-likeness (QED) is 0.673. The molecule has 0 N–H and O–H groups in total. The first kappa shape index (κ1) is 8.86. The highest BCUT2D eigenvalue weighted by Gasteiger charge is 1.99. The summed E-state index contributed by atoms with van der Waals surface area (Å²) in [4.78, 5) is 1.47. The SMILES string of the molecule is Cn1nnc(CCCn2c[c]cn2)n1. The summed E-state index contributed by atoms with van der Waals surface area (Å²) >= 11 is 0. The molecule has 14 heavy (non-hydrogen) atoms. The van der Waals surface area contributed by atoms with Crippen LogP contribution in [0.15, 0.2) is 12.4 Å². The maximum atomic E-state index is 4.09. The molecular weight excluding hydrogens is 180 g/mol. The molecule has 6 heteroatoms. The molecule has 0 saturated carbocycles. The molecule has 0 amide bonds. The Hall–Kier alpha value is -1.72. The molecule has 0 spiro atoms. The standard InChI is InChI=1S/C8H11N6/c1-13-11-8(10-12-13)4-2-6-14-7-3-5-9-14/h5,7H,2,4,6H2,1H3. The lowest BCUT2D eigenvalue weighted by Crippen LogP contribution is -2.01. The maximum Gasteiger partial charge on any atom is 0.174 e. The number of aromatic nitrogens is 6. The molecule has 73 valence electrons. The molecule has 0 bridgehead atoms. The molecule has 0 unspecified atom stereocenters. The van der Waals surface area contributed by atoms with Gasteiger partial charge in [-0.2, -0.15) is 9.90 Å². The third-order valence-corrected chi connectivity index (χ3v) is 1.84. The van der Waals surface area contributed by atoms with E-state index in [1.165, 1.54) is 4.80 Å². The van der Waals surface area contributed by atoms with E-state index in [1.54, 1.807) is 13.2 Å². The van der Waals surface area contributed by atoms with Gasteiger partial charge in [-0.05, 0) is 11.6 Å². The van der Waals surface area contributed by atoms with E-state index in [9.17, 15) is 0 Å². The van der Waals surface area contributed by atoms with Gasteiger partial charge in [-0.1, -0.05) is 0 Å². The van der Waals surface area contributed by atoms with Gasteiger partial charge in [0.05, 0.1) is 13.2 Å².